The first kappa shape index (κ1) is 13.2. The van der Waals surface area contributed by atoms with Crippen molar-refractivity contribution in [3.05, 3.63) is 39.4 Å². The van der Waals surface area contributed by atoms with Gasteiger partial charge in [0.1, 0.15) is 5.75 Å². The first-order valence-corrected chi connectivity index (χ1v) is 6.90. The summed E-state index contributed by atoms with van der Waals surface area (Å²) in [6.07, 6.45) is 1.71. The van der Waals surface area contributed by atoms with Crippen LogP contribution in [0, 0.1) is 0 Å². The van der Waals surface area contributed by atoms with Gasteiger partial charge in [-0.25, -0.2) is 4.98 Å². The van der Waals surface area contributed by atoms with E-state index in [4.69, 9.17) is 22.1 Å². The average Bonchev–Trinajstić information content (AvgIpc) is 2.72. The van der Waals surface area contributed by atoms with Gasteiger partial charge >= 0.3 is 0 Å². The molecule has 1 aromatic carbocycles. The quantitative estimate of drug-likeness (QED) is 0.933. The SMILES string of the molecule is CCc1nc(N)sc1Cc1ccc(Cl)c(OC)c1. The van der Waals surface area contributed by atoms with E-state index >= 15 is 0 Å². The number of benzene rings is 1. The second-order valence-corrected chi connectivity index (χ2v) is 5.44. The molecule has 2 N–H and O–H groups in total. The summed E-state index contributed by atoms with van der Waals surface area (Å²) in [5.41, 5.74) is 7.97. The monoisotopic (exact) mass is 282 g/mol. The highest BCUT2D eigenvalue weighted by Gasteiger charge is 2.10. The van der Waals surface area contributed by atoms with Crippen molar-refractivity contribution in [3.63, 3.8) is 0 Å². The second kappa shape index (κ2) is 5.59. The van der Waals surface area contributed by atoms with Crippen molar-refractivity contribution in [2.45, 2.75) is 19.8 Å². The molecule has 96 valence electrons. The van der Waals surface area contributed by atoms with Crippen molar-refractivity contribution < 1.29 is 4.74 Å². The molecule has 0 saturated heterocycles. The van der Waals surface area contributed by atoms with Gasteiger partial charge in [-0.05, 0) is 24.1 Å². The number of anilines is 1. The van der Waals surface area contributed by atoms with E-state index < -0.39 is 0 Å². The number of aryl methyl sites for hydroxylation is 1. The normalized spacial score (nSPS) is 10.6. The summed E-state index contributed by atoms with van der Waals surface area (Å²) >= 11 is 7.55. The fourth-order valence-electron chi connectivity index (χ4n) is 1.82. The maximum Gasteiger partial charge on any atom is 0.180 e. The zero-order valence-electron chi connectivity index (χ0n) is 10.4. The zero-order chi connectivity index (χ0) is 13.1. The Hall–Kier alpha value is -1.26. The van der Waals surface area contributed by atoms with Gasteiger partial charge in [-0.3, -0.25) is 0 Å². The van der Waals surface area contributed by atoms with E-state index in [0.717, 1.165) is 24.1 Å². The fourth-order valence-corrected chi connectivity index (χ4v) is 2.97. The predicted molar refractivity (Wildman–Crippen MR) is 76.7 cm³/mol. The minimum atomic E-state index is 0.626. The Balaban J connectivity index is 2.28. The van der Waals surface area contributed by atoms with Crippen molar-refractivity contribution in [3.8, 4) is 5.75 Å². The highest BCUT2D eigenvalue weighted by molar-refractivity contribution is 7.15. The van der Waals surface area contributed by atoms with E-state index in [1.54, 1.807) is 18.4 Å². The van der Waals surface area contributed by atoms with E-state index in [2.05, 4.69) is 11.9 Å². The molecule has 3 nitrogen and oxygen atoms in total. The van der Waals surface area contributed by atoms with E-state index in [1.807, 2.05) is 18.2 Å². The summed E-state index contributed by atoms with van der Waals surface area (Å²) in [5.74, 6) is 0.699. The molecule has 1 heterocycles. The fraction of sp³-hybridized carbons (Fsp3) is 0.308. The Morgan fingerprint density at radius 3 is 2.89 bits per heavy atom. The summed E-state index contributed by atoms with van der Waals surface area (Å²) in [5, 5.41) is 1.25. The van der Waals surface area contributed by atoms with Gasteiger partial charge in [0.25, 0.3) is 0 Å². The van der Waals surface area contributed by atoms with Crippen molar-refractivity contribution in [2.24, 2.45) is 0 Å². The molecule has 0 spiro atoms. The van der Waals surface area contributed by atoms with Crippen LogP contribution in [0.25, 0.3) is 0 Å². The highest BCUT2D eigenvalue weighted by Crippen LogP contribution is 2.29. The number of halogens is 1. The van der Waals surface area contributed by atoms with Crippen molar-refractivity contribution in [1.29, 1.82) is 0 Å². The van der Waals surface area contributed by atoms with Crippen LogP contribution in [-0.2, 0) is 12.8 Å². The summed E-state index contributed by atoms with van der Waals surface area (Å²) in [4.78, 5) is 5.53. The van der Waals surface area contributed by atoms with Gasteiger partial charge in [0, 0.05) is 11.3 Å². The molecule has 0 atom stereocenters. The largest absolute Gasteiger partial charge is 0.495 e. The number of nitrogen functional groups attached to an aromatic ring is 1. The number of rotatable bonds is 4. The van der Waals surface area contributed by atoms with Gasteiger partial charge in [-0.1, -0.05) is 24.6 Å². The molecule has 5 heteroatoms. The molecule has 0 aliphatic rings. The van der Waals surface area contributed by atoms with Crippen LogP contribution in [-0.4, -0.2) is 12.1 Å². The molecule has 2 rings (SSSR count). The number of ether oxygens (including phenoxy) is 1. The van der Waals surface area contributed by atoms with E-state index in [-0.39, 0.29) is 0 Å². The highest BCUT2D eigenvalue weighted by atomic mass is 35.5. The van der Waals surface area contributed by atoms with Crippen LogP contribution in [0.3, 0.4) is 0 Å². The molecular formula is C13H15ClN2OS. The third kappa shape index (κ3) is 2.76. The number of nitrogens with two attached hydrogens (primary N) is 1. The van der Waals surface area contributed by atoms with Crippen LogP contribution in [0.2, 0.25) is 5.02 Å². The van der Waals surface area contributed by atoms with Crippen LogP contribution in [0.5, 0.6) is 5.75 Å². The van der Waals surface area contributed by atoms with Crippen LogP contribution < -0.4 is 10.5 Å². The molecule has 18 heavy (non-hydrogen) atoms. The number of hydrogen-bond donors (Lipinski definition) is 1. The van der Waals surface area contributed by atoms with Crippen molar-refractivity contribution >= 4 is 28.1 Å². The Morgan fingerprint density at radius 2 is 2.22 bits per heavy atom. The van der Waals surface area contributed by atoms with E-state index in [0.29, 0.717) is 15.9 Å². The second-order valence-electron chi connectivity index (χ2n) is 3.92. The third-order valence-electron chi connectivity index (χ3n) is 2.71. The molecule has 0 unspecified atom stereocenters. The first-order chi connectivity index (χ1) is 8.63. The molecule has 0 amide bonds. The molecular weight excluding hydrogens is 268 g/mol. The van der Waals surface area contributed by atoms with E-state index in [1.165, 1.54) is 4.88 Å². The Bertz CT molecular complexity index is 554. The van der Waals surface area contributed by atoms with Gasteiger partial charge < -0.3 is 10.5 Å². The molecule has 0 fully saturated rings. The summed E-state index contributed by atoms with van der Waals surface area (Å²) < 4.78 is 5.22. The topological polar surface area (TPSA) is 48.1 Å². The van der Waals surface area contributed by atoms with Gasteiger partial charge in [-0.15, -0.1) is 11.3 Å². The molecule has 1 aromatic heterocycles. The minimum Gasteiger partial charge on any atom is -0.495 e. The van der Waals surface area contributed by atoms with Crippen molar-refractivity contribution in [1.82, 2.24) is 4.98 Å². The van der Waals surface area contributed by atoms with Gasteiger partial charge in [0.2, 0.25) is 0 Å². The molecule has 0 aliphatic carbocycles. The van der Waals surface area contributed by atoms with E-state index in [9.17, 15) is 0 Å². The molecule has 2 aromatic rings. The van der Waals surface area contributed by atoms with Crippen LogP contribution in [0.4, 0.5) is 5.13 Å². The molecule has 0 radical (unpaired) electrons. The third-order valence-corrected chi connectivity index (χ3v) is 3.95. The molecule has 0 aliphatic heterocycles. The standard InChI is InChI=1S/C13H15ClN2OS/c1-3-10-12(18-13(15)16-10)7-8-4-5-9(14)11(6-8)17-2/h4-6H,3,7H2,1-2H3,(H2,15,16). The van der Waals surface area contributed by atoms with Gasteiger partial charge in [0.05, 0.1) is 17.8 Å². The average molecular weight is 283 g/mol. The number of thiazole rings is 1. The smallest absolute Gasteiger partial charge is 0.180 e. The Labute approximate surface area is 116 Å². The lowest BCUT2D eigenvalue weighted by Crippen LogP contribution is -1.93. The Morgan fingerprint density at radius 1 is 1.44 bits per heavy atom. The molecule has 0 bridgehead atoms. The lowest BCUT2D eigenvalue weighted by Gasteiger charge is -2.06. The van der Waals surface area contributed by atoms with Gasteiger partial charge in [0.15, 0.2) is 5.13 Å². The number of nitrogens with zero attached hydrogens (tertiary/aromatic N) is 1. The Kier molecular flexibility index (Phi) is 4.09. The zero-order valence-corrected chi connectivity index (χ0v) is 11.9. The minimum absolute atomic E-state index is 0.626. The summed E-state index contributed by atoms with van der Waals surface area (Å²) in [6, 6.07) is 5.81. The molecule has 0 saturated carbocycles. The lowest BCUT2D eigenvalue weighted by molar-refractivity contribution is 0.414. The maximum absolute atomic E-state index is 6.01. The number of hydrogen-bond acceptors (Lipinski definition) is 4. The van der Waals surface area contributed by atoms with Crippen LogP contribution in [0.1, 0.15) is 23.1 Å². The number of methoxy groups -OCH3 is 1. The summed E-state index contributed by atoms with van der Waals surface area (Å²) in [6.45, 7) is 2.08. The van der Waals surface area contributed by atoms with Gasteiger partial charge in [-0.2, -0.15) is 0 Å². The number of aromatic nitrogens is 1. The lowest BCUT2D eigenvalue weighted by atomic mass is 10.1. The van der Waals surface area contributed by atoms with Crippen LogP contribution in [0.15, 0.2) is 18.2 Å². The van der Waals surface area contributed by atoms with Crippen molar-refractivity contribution in [2.75, 3.05) is 12.8 Å². The maximum atomic E-state index is 6.01. The predicted octanol–water partition coefficient (Wildman–Crippen LogP) is 3.54. The first-order valence-electron chi connectivity index (χ1n) is 5.70. The summed E-state index contributed by atoms with van der Waals surface area (Å²) in [7, 11) is 1.62. The van der Waals surface area contributed by atoms with Crippen LogP contribution >= 0.6 is 22.9 Å².